The molecule has 0 spiro atoms. The maximum Gasteiger partial charge on any atom is 0.0542 e. The highest BCUT2D eigenvalue weighted by Crippen LogP contribution is 2.18. The second-order valence-corrected chi connectivity index (χ2v) is 6.31. The van der Waals surface area contributed by atoms with E-state index in [1.807, 2.05) is 18.3 Å². The highest BCUT2D eigenvalue weighted by molar-refractivity contribution is 9.10. The molecule has 0 saturated carbocycles. The number of aromatic nitrogens is 1. The summed E-state index contributed by atoms with van der Waals surface area (Å²) in [7, 11) is 0. The first-order valence-electron chi connectivity index (χ1n) is 7.00. The molecule has 2 nitrogen and oxygen atoms in total. The minimum absolute atomic E-state index is 0.321. The van der Waals surface area contributed by atoms with Gasteiger partial charge in [-0.05, 0) is 52.0 Å². The van der Waals surface area contributed by atoms with Gasteiger partial charge in [0.15, 0.2) is 0 Å². The number of halogens is 1. The average Bonchev–Trinajstić information content (AvgIpc) is 2.46. The SMILES string of the molecule is CC(C)c1ccc(C(C)NCc2ccc(Br)cn2)cc1. The Morgan fingerprint density at radius 3 is 2.20 bits per heavy atom. The van der Waals surface area contributed by atoms with Crippen molar-refractivity contribution in [3.05, 3.63) is 63.9 Å². The third-order valence-corrected chi connectivity index (χ3v) is 3.95. The highest BCUT2D eigenvalue weighted by atomic mass is 79.9. The monoisotopic (exact) mass is 332 g/mol. The van der Waals surface area contributed by atoms with Gasteiger partial charge in [0.25, 0.3) is 0 Å². The molecule has 0 radical (unpaired) electrons. The normalized spacial score (nSPS) is 12.7. The molecule has 1 aromatic carbocycles. The van der Waals surface area contributed by atoms with Crippen molar-refractivity contribution in [3.8, 4) is 0 Å². The molecule has 1 N–H and O–H groups in total. The van der Waals surface area contributed by atoms with E-state index in [0.717, 1.165) is 16.7 Å². The molecule has 20 heavy (non-hydrogen) atoms. The molecule has 2 rings (SSSR count). The molecule has 1 atom stereocenters. The largest absolute Gasteiger partial charge is 0.305 e. The van der Waals surface area contributed by atoms with Gasteiger partial charge in [-0.1, -0.05) is 38.1 Å². The molecule has 0 bridgehead atoms. The highest BCUT2D eigenvalue weighted by Gasteiger charge is 2.06. The van der Waals surface area contributed by atoms with Crippen molar-refractivity contribution < 1.29 is 0 Å². The van der Waals surface area contributed by atoms with Gasteiger partial charge in [-0.3, -0.25) is 4.98 Å². The van der Waals surface area contributed by atoms with Crippen molar-refractivity contribution in [2.75, 3.05) is 0 Å². The maximum absolute atomic E-state index is 4.37. The van der Waals surface area contributed by atoms with E-state index in [4.69, 9.17) is 0 Å². The summed E-state index contributed by atoms with van der Waals surface area (Å²) in [6.07, 6.45) is 1.83. The van der Waals surface area contributed by atoms with Crippen LogP contribution < -0.4 is 5.32 Å². The summed E-state index contributed by atoms with van der Waals surface area (Å²) in [5.74, 6) is 0.583. The fourth-order valence-corrected chi connectivity index (χ4v) is 2.29. The molecule has 0 saturated heterocycles. The molecule has 0 fully saturated rings. The molecular formula is C17H21BrN2. The molecule has 2 aromatic rings. The Bertz CT molecular complexity index is 532. The molecular weight excluding hydrogens is 312 g/mol. The van der Waals surface area contributed by atoms with Crippen molar-refractivity contribution in [1.29, 1.82) is 0 Å². The van der Waals surface area contributed by atoms with Gasteiger partial charge in [0.2, 0.25) is 0 Å². The van der Waals surface area contributed by atoms with Gasteiger partial charge in [0, 0.05) is 23.3 Å². The second-order valence-electron chi connectivity index (χ2n) is 5.39. The zero-order valence-corrected chi connectivity index (χ0v) is 13.8. The van der Waals surface area contributed by atoms with Crippen LogP contribution in [0.3, 0.4) is 0 Å². The smallest absolute Gasteiger partial charge is 0.0542 e. The number of hydrogen-bond donors (Lipinski definition) is 1. The molecule has 106 valence electrons. The summed E-state index contributed by atoms with van der Waals surface area (Å²) in [4.78, 5) is 4.37. The van der Waals surface area contributed by atoms with E-state index in [1.54, 1.807) is 0 Å². The van der Waals surface area contributed by atoms with Crippen LogP contribution in [-0.2, 0) is 6.54 Å². The third kappa shape index (κ3) is 4.15. The third-order valence-electron chi connectivity index (χ3n) is 3.48. The van der Waals surface area contributed by atoms with Gasteiger partial charge >= 0.3 is 0 Å². The van der Waals surface area contributed by atoms with Gasteiger partial charge in [0.05, 0.1) is 5.69 Å². The van der Waals surface area contributed by atoms with Crippen LogP contribution >= 0.6 is 15.9 Å². The number of pyridine rings is 1. The van der Waals surface area contributed by atoms with E-state index < -0.39 is 0 Å². The lowest BCUT2D eigenvalue weighted by atomic mass is 9.99. The van der Waals surface area contributed by atoms with Crippen molar-refractivity contribution in [3.63, 3.8) is 0 Å². The zero-order valence-electron chi connectivity index (χ0n) is 12.2. The Kier molecular flexibility index (Phi) is 5.32. The lowest BCUT2D eigenvalue weighted by molar-refractivity contribution is 0.567. The van der Waals surface area contributed by atoms with Crippen LogP contribution in [0, 0.1) is 0 Å². The summed E-state index contributed by atoms with van der Waals surface area (Å²) in [5, 5.41) is 3.51. The van der Waals surface area contributed by atoms with E-state index in [9.17, 15) is 0 Å². The molecule has 1 aromatic heterocycles. The van der Waals surface area contributed by atoms with Crippen LogP contribution in [0.25, 0.3) is 0 Å². The Labute approximate surface area is 129 Å². The Morgan fingerprint density at radius 1 is 1.00 bits per heavy atom. The van der Waals surface area contributed by atoms with Crippen molar-refractivity contribution in [2.45, 2.75) is 39.3 Å². The van der Waals surface area contributed by atoms with E-state index in [2.05, 4.69) is 71.3 Å². The minimum atomic E-state index is 0.321. The van der Waals surface area contributed by atoms with E-state index in [-0.39, 0.29) is 0 Å². The topological polar surface area (TPSA) is 24.9 Å². The summed E-state index contributed by atoms with van der Waals surface area (Å²) in [5.41, 5.74) is 3.75. The first kappa shape index (κ1) is 15.2. The molecule has 1 heterocycles. The van der Waals surface area contributed by atoms with Crippen molar-refractivity contribution in [2.24, 2.45) is 0 Å². The Hall–Kier alpha value is -1.19. The molecule has 0 amide bonds. The number of hydrogen-bond acceptors (Lipinski definition) is 2. The average molecular weight is 333 g/mol. The van der Waals surface area contributed by atoms with Gasteiger partial charge < -0.3 is 5.32 Å². The molecule has 3 heteroatoms. The van der Waals surface area contributed by atoms with Crippen LogP contribution in [0.1, 0.15) is 49.6 Å². The summed E-state index contributed by atoms with van der Waals surface area (Å²) in [6.45, 7) is 7.40. The van der Waals surface area contributed by atoms with E-state index in [0.29, 0.717) is 12.0 Å². The Morgan fingerprint density at radius 2 is 1.65 bits per heavy atom. The van der Waals surface area contributed by atoms with E-state index in [1.165, 1.54) is 11.1 Å². The molecule has 0 aliphatic rings. The Balaban J connectivity index is 1.94. The summed E-state index contributed by atoms with van der Waals surface area (Å²) < 4.78 is 1.01. The van der Waals surface area contributed by atoms with Crippen molar-refractivity contribution in [1.82, 2.24) is 10.3 Å². The zero-order chi connectivity index (χ0) is 14.5. The fourth-order valence-electron chi connectivity index (χ4n) is 2.06. The lowest BCUT2D eigenvalue weighted by Crippen LogP contribution is -2.18. The van der Waals surface area contributed by atoms with Gasteiger partial charge in [-0.2, -0.15) is 0 Å². The van der Waals surface area contributed by atoms with Crippen LogP contribution in [0.2, 0.25) is 0 Å². The number of nitrogens with zero attached hydrogens (tertiary/aromatic N) is 1. The quantitative estimate of drug-likeness (QED) is 0.849. The van der Waals surface area contributed by atoms with Crippen LogP contribution in [0.15, 0.2) is 47.1 Å². The lowest BCUT2D eigenvalue weighted by Gasteiger charge is -2.15. The first-order chi connectivity index (χ1) is 9.56. The van der Waals surface area contributed by atoms with Crippen LogP contribution in [0.4, 0.5) is 0 Å². The van der Waals surface area contributed by atoms with Crippen molar-refractivity contribution >= 4 is 15.9 Å². The van der Waals surface area contributed by atoms with Crippen LogP contribution in [0.5, 0.6) is 0 Å². The number of nitrogens with one attached hydrogen (secondary N) is 1. The fraction of sp³-hybridized carbons (Fsp3) is 0.353. The predicted octanol–water partition coefficient (Wildman–Crippen LogP) is 4.82. The standard InChI is InChI=1S/C17H21BrN2/c1-12(2)14-4-6-15(7-5-14)13(3)19-11-17-9-8-16(18)10-20-17/h4-10,12-13,19H,11H2,1-3H3. The van der Waals surface area contributed by atoms with Gasteiger partial charge in [0.1, 0.15) is 0 Å². The summed E-state index contributed by atoms with van der Waals surface area (Å²) in [6, 6.07) is 13.2. The molecule has 0 aliphatic heterocycles. The first-order valence-corrected chi connectivity index (χ1v) is 7.79. The maximum atomic E-state index is 4.37. The second kappa shape index (κ2) is 7.00. The number of benzene rings is 1. The van der Waals surface area contributed by atoms with E-state index >= 15 is 0 Å². The number of rotatable bonds is 5. The minimum Gasteiger partial charge on any atom is -0.305 e. The molecule has 1 unspecified atom stereocenters. The predicted molar refractivity (Wildman–Crippen MR) is 87.7 cm³/mol. The summed E-state index contributed by atoms with van der Waals surface area (Å²) >= 11 is 3.40. The van der Waals surface area contributed by atoms with Gasteiger partial charge in [-0.15, -0.1) is 0 Å². The van der Waals surface area contributed by atoms with Gasteiger partial charge in [-0.25, -0.2) is 0 Å². The molecule has 0 aliphatic carbocycles. The van der Waals surface area contributed by atoms with Crippen LogP contribution in [-0.4, -0.2) is 4.98 Å².